The first kappa shape index (κ1) is 9.25. The van der Waals surface area contributed by atoms with E-state index in [-0.39, 0.29) is 12.4 Å². The van der Waals surface area contributed by atoms with Gasteiger partial charge in [-0.25, -0.2) is 0 Å². The van der Waals surface area contributed by atoms with Crippen LogP contribution in [0.25, 0.3) is 0 Å². The first-order chi connectivity index (χ1) is 5.83. The Kier molecular flexibility index (Phi) is 3.79. The van der Waals surface area contributed by atoms with Crippen LogP contribution in [-0.4, -0.2) is 29.6 Å². The van der Waals surface area contributed by atoms with Crippen molar-refractivity contribution in [2.75, 3.05) is 12.4 Å². The molecule has 4 nitrogen and oxygen atoms in total. The van der Waals surface area contributed by atoms with E-state index in [2.05, 4.69) is 10.2 Å². The molecule has 5 heteroatoms. The quantitative estimate of drug-likeness (QED) is 0.619. The first-order valence-electron chi connectivity index (χ1n) is 3.67. The number of hydrogen-bond donors (Lipinski definition) is 0. The fourth-order valence-corrected chi connectivity index (χ4v) is 1.31. The normalized spacial score (nSPS) is 15.6. The van der Waals surface area contributed by atoms with Crippen molar-refractivity contribution >= 4 is 29.0 Å². The Balaban J connectivity index is 2.34. The van der Waals surface area contributed by atoms with Crippen molar-refractivity contribution in [2.24, 2.45) is 10.2 Å². The molecule has 0 N–H and O–H groups in total. The van der Waals surface area contributed by atoms with E-state index in [0.717, 1.165) is 11.5 Å². The molecule has 1 aliphatic heterocycles. The minimum Gasteiger partial charge on any atom is -0.466 e. The van der Waals surface area contributed by atoms with Crippen molar-refractivity contribution in [2.45, 2.75) is 13.3 Å². The standard InChI is InChI=1S/C7H10N2O2S/c1-2-11-7(10)3-6-4-12-5-8-9-6/h5H,2-4H2,1H3. The minimum absolute atomic E-state index is 0.228. The van der Waals surface area contributed by atoms with E-state index < -0.39 is 0 Å². The molecular formula is C7H10N2O2S. The average Bonchev–Trinajstić information content (AvgIpc) is 2.06. The van der Waals surface area contributed by atoms with Crippen LogP contribution in [0.2, 0.25) is 0 Å². The zero-order chi connectivity index (χ0) is 8.81. The van der Waals surface area contributed by atoms with Gasteiger partial charge in [-0.15, -0.1) is 11.8 Å². The van der Waals surface area contributed by atoms with Crippen LogP contribution in [0.4, 0.5) is 0 Å². The lowest BCUT2D eigenvalue weighted by Gasteiger charge is -2.04. The second-order valence-electron chi connectivity index (χ2n) is 2.18. The summed E-state index contributed by atoms with van der Waals surface area (Å²) in [5.74, 6) is 0.511. The smallest absolute Gasteiger partial charge is 0.311 e. The number of carbonyl (C=O) groups excluding carboxylic acids is 1. The molecule has 1 aliphatic rings. The number of rotatable bonds is 3. The fourth-order valence-electron chi connectivity index (χ4n) is 0.766. The lowest BCUT2D eigenvalue weighted by molar-refractivity contribution is -0.141. The Morgan fingerprint density at radius 1 is 1.83 bits per heavy atom. The summed E-state index contributed by atoms with van der Waals surface area (Å²) in [5.41, 5.74) is 2.44. The largest absolute Gasteiger partial charge is 0.466 e. The third-order valence-electron chi connectivity index (χ3n) is 1.22. The number of ether oxygens (including phenoxy) is 1. The molecule has 66 valence electrons. The molecule has 0 saturated carbocycles. The molecule has 0 bridgehead atoms. The van der Waals surface area contributed by atoms with Crippen molar-refractivity contribution in [3.63, 3.8) is 0 Å². The highest BCUT2D eigenvalue weighted by Crippen LogP contribution is 2.06. The molecule has 0 aromatic rings. The van der Waals surface area contributed by atoms with E-state index >= 15 is 0 Å². The molecule has 0 atom stereocenters. The highest BCUT2D eigenvalue weighted by Gasteiger charge is 2.09. The molecule has 0 amide bonds. The summed E-state index contributed by atoms with van der Waals surface area (Å²) in [6.07, 6.45) is 0.262. The Morgan fingerprint density at radius 2 is 2.67 bits per heavy atom. The third-order valence-corrected chi connectivity index (χ3v) is 1.97. The van der Waals surface area contributed by atoms with Crippen molar-refractivity contribution in [1.29, 1.82) is 0 Å². The zero-order valence-corrected chi connectivity index (χ0v) is 7.63. The van der Waals surface area contributed by atoms with Gasteiger partial charge in [-0.2, -0.15) is 10.2 Å². The molecule has 0 radical (unpaired) electrons. The van der Waals surface area contributed by atoms with E-state index in [1.165, 1.54) is 11.8 Å². The van der Waals surface area contributed by atoms with E-state index in [1.807, 2.05) is 0 Å². The van der Waals surface area contributed by atoms with Crippen LogP contribution in [0, 0.1) is 0 Å². The van der Waals surface area contributed by atoms with Gasteiger partial charge in [0.25, 0.3) is 0 Å². The number of thioether (sulfide) groups is 1. The molecule has 0 aromatic carbocycles. The van der Waals surface area contributed by atoms with E-state index in [9.17, 15) is 4.79 Å². The number of nitrogens with zero attached hydrogens (tertiary/aromatic N) is 2. The van der Waals surface area contributed by atoms with Gasteiger partial charge in [-0.3, -0.25) is 4.79 Å². The first-order valence-corrected chi connectivity index (χ1v) is 4.72. The van der Waals surface area contributed by atoms with Crippen LogP contribution in [0.3, 0.4) is 0 Å². The zero-order valence-electron chi connectivity index (χ0n) is 6.82. The summed E-state index contributed by atoms with van der Waals surface area (Å²) < 4.78 is 4.76. The summed E-state index contributed by atoms with van der Waals surface area (Å²) in [6.45, 7) is 2.20. The predicted molar refractivity (Wildman–Crippen MR) is 49.6 cm³/mol. The van der Waals surface area contributed by atoms with E-state index in [0.29, 0.717) is 6.61 Å². The molecule has 0 unspecified atom stereocenters. The summed E-state index contributed by atoms with van der Waals surface area (Å²) >= 11 is 1.53. The summed E-state index contributed by atoms with van der Waals surface area (Å²) in [7, 11) is 0. The average molecular weight is 186 g/mol. The van der Waals surface area contributed by atoms with Gasteiger partial charge in [0, 0.05) is 5.75 Å². The van der Waals surface area contributed by atoms with Crippen LogP contribution in [0.5, 0.6) is 0 Å². The van der Waals surface area contributed by atoms with Crippen LogP contribution in [0.15, 0.2) is 10.2 Å². The summed E-state index contributed by atoms with van der Waals surface area (Å²) in [6, 6.07) is 0. The van der Waals surface area contributed by atoms with Crippen molar-refractivity contribution in [1.82, 2.24) is 0 Å². The van der Waals surface area contributed by atoms with Gasteiger partial charge < -0.3 is 4.74 Å². The van der Waals surface area contributed by atoms with Gasteiger partial charge >= 0.3 is 5.97 Å². The van der Waals surface area contributed by atoms with E-state index in [4.69, 9.17) is 4.74 Å². The second kappa shape index (κ2) is 4.92. The van der Waals surface area contributed by atoms with Gasteiger partial charge in [0.2, 0.25) is 0 Å². The molecule has 0 fully saturated rings. The van der Waals surface area contributed by atoms with Crippen molar-refractivity contribution in [3.8, 4) is 0 Å². The van der Waals surface area contributed by atoms with Gasteiger partial charge in [0.15, 0.2) is 0 Å². The Labute approximate surface area is 75.1 Å². The number of carbonyl (C=O) groups is 1. The fraction of sp³-hybridized carbons (Fsp3) is 0.571. The highest BCUT2D eigenvalue weighted by atomic mass is 32.2. The SMILES string of the molecule is CCOC(=O)CC1=NN=CSC1. The Hall–Kier alpha value is -0.840. The second-order valence-corrected chi connectivity index (χ2v) is 3.01. The lowest BCUT2D eigenvalue weighted by Crippen LogP contribution is -2.14. The van der Waals surface area contributed by atoms with Crippen LogP contribution >= 0.6 is 11.8 Å². The molecular weight excluding hydrogens is 176 g/mol. The summed E-state index contributed by atoms with van der Waals surface area (Å²) in [4.78, 5) is 10.9. The Morgan fingerprint density at radius 3 is 3.25 bits per heavy atom. The van der Waals surface area contributed by atoms with E-state index in [1.54, 1.807) is 12.5 Å². The molecule has 0 aromatic heterocycles. The highest BCUT2D eigenvalue weighted by molar-refractivity contribution is 8.12. The van der Waals surface area contributed by atoms with Crippen LogP contribution in [-0.2, 0) is 9.53 Å². The van der Waals surface area contributed by atoms with Gasteiger partial charge in [0.05, 0.1) is 24.3 Å². The summed E-state index contributed by atoms with van der Waals surface area (Å²) in [5, 5.41) is 7.51. The van der Waals surface area contributed by atoms with Crippen LogP contribution < -0.4 is 0 Å². The molecule has 12 heavy (non-hydrogen) atoms. The molecule has 0 saturated heterocycles. The van der Waals surface area contributed by atoms with Crippen molar-refractivity contribution in [3.05, 3.63) is 0 Å². The van der Waals surface area contributed by atoms with Gasteiger partial charge in [-0.05, 0) is 6.92 Å². The lowest BCUT2D eigenvalue weighted by atomic mass is 10.3. The number of esters is 1. The molecule has 1 heterocycles. The van der Waals surface area contributed by atoms with Crippen molar-refractivity contribution < 1.29 is 9.53 Å². The van der Waals surface area contributed by atoms with Gasteiger partial charge in [0.1, 0.15) is 0 Å². The minimum atomic E-state index is -0.228. The maximum absolute atomic E-state index is 10.9. The third kappa shape index (κ3) is 3.04. The maximum Gasteiger partial charge on any atom is 0.311 e. The Bertz CT molecular complexity index is 225. The monoisotopic (exact) mass is 186 g/mol. The molecule has 0 spiro atoms. The number of hydrogen-bond acceptors (Lipinski definition) is 5. The topological polar surface area (TPSA) is 51.0 Å². The predicted octanol–water partition coefficient (Wildman–Crippen LogP) is 1.07. The van der Waals surface area contributed by atoms with Crippen LogP contribution in [0.1, 0.15) is 13.3 Å². The maximum atomic E-state index is 10.9. The molecule has 0 aliphatic carbocycles. The molecule has 1 rings (SSSR count). The van der Waals surface area contributed by atoms with Gasteiger partial charge in [-0.1, -0.05) is 0 Å².